The van der Waals surface area contributed by atoms with Crippen molar-refractivity contribution in [3.05, 3.63) is 23.3 Å². The monoisotopic (exact) mass is 163 g/mol. The Morgan fingerprint density at radius 3 is 2.17 bits per heavy atom. The van der Waals surface area contributed by atoms with E-state index in [1.165, 1.54) is 11.1 Å². The average Bonchev–Trinajstić information content (AvgIpc) is 2.30. The fourth-order valence-electron chi connectivity index (χ4n) is 1.34. The molecule has 0 unspecified atom stereocenters. The third-order valence-electron chi connectivity index (χ3n) is 2.46. The van der Waals surface area contributed by atoms with Crippen molar-refractivity contribution in [1.29, 1.82) is 0 Å². The summed E-state index contributed by atoms with van der Waals surface area (Å²) in [4.78, 5) is 0. The molecule has 1 rings (SSSR count). The summed E-state index contributed by atoms with van der Waals surface area (Å²) in [6.07, 6.45) is 6.69. The average molecular weight is 163 g/mol. The molecule has 0 spiro atoms. The molecule has 1 aliphatic carbocycles. The van der Waals surface area contributed by atoms with Gasteiger partial charge in [-0.2, -0.15) is 0 Å². The van der Waals surface area contributed by atoms with Gasteiger partial charge in [0.15, 0.2) is 0 Å². The van der Waals surface area contributed by atoms with Crippen LogP contribution >= 0.6 is 0 Å². The van der Waals surface area contributed by atoms with Crippen LogP contribution in [-0.2, 0) is 0 Å². The van der Waals surface area contributed by atoms with Crippen LogP contribution in [0.4, 0.5) is 0 Å². The van der Waals surface area contributed by atoms with E-state index in [-0.39, 0.29) is 0 Å². The van der Waals surface area contributed by atoms with Gasteiger partial charge in [-0.05, 0) is 23.8 Å². The summed E-state index contributed by atoms with van der Waals surface area (Å²) in [5.41, 5.74) is 3.28. The van der Waals surface area contributed by atoms with E-state index in [0.717, 1.165) is 6.42 Å². The highest BCUT2D eigenvalue weighted by molar-refractivity contribution is 5.30. The molecule has 1 radical (unpaired) electrons. The zero-order valence-electron chi connectivity index (χ0n) is 8.86. The van der Waals surface area contributed by atoms with Crippen molar-refractivity contribution in [2.75, 3.05) is 0 Å². The van der Waals surface area contributed by atoms with Crippen molar-refractivity contribution in [1.82, 2.24) is 0 Å². The summed E-state index contributed by atoms with van der Waals surface area (Å²) in [7, 11) is 0. The summed E-state index contributed by atoms with van der Waals surface area (Å²) < 4.78 is 0. The Morgan fingerprint density at radius 1 is 1.33 bits per heavy atom. The smallest absolute Gasteiger partial charge is 0.00880 e. The molecule has 0 bridgehead atoms. The van der Waals surface area contributed by atoms with E-state index < -0.39 is 0 Å². The fourth-order valence-corrected chi connectivity index (χ4v) is 1.34. The minimum atomic E-state index is 0.299. The number of allylic oxidation sites excluding steroid dienone is 4. The van der Waals surface area contributed by atoms with Crippen LogP contribution in [0.25, 0.3) is 0 Å². The van der Waals surface area contributed by atoms with Crippen molar-refractivity contribution < 1.29 is 0 Å². The van der Waals surface area contributed by atoms with E-state index in [9.17, 15) is 0 Å². The minimum absolute atomic E-state index is 0.299. The number of rotatable bonds is 1. The first-order valence-corrected chi connectivity index (χ1v) is 4.73. The lowest BCUT2D eigenvalue weighted by atomic mass is 9.84. The molecule has 0 saturated heterocycles. The van der Waals surface area contributed by atoms with Crippen LogP contribution in [0.5, 0.6) is 0 Å². The summed E-state index contributed by atoms with van der Waals surface area (Å²) in [5, 5.41) is 0. The van der Waals surface area contributed by atoms with Gasteiger partial charge in [-0.1, -0.05) is 51.8 Å². The third kappa shape index (κ3) is 2.00. The van der Waals surface area contributed by atoms with Gasteiger partial charge in [-0.3, -0.25) is 0 Å². The Kier molecular flexibility index (Phi) is 2.46. The van der Waals surface area contributed by atoms with Crippen LogP contribution in [0.2, 0.25) is 0 Å². The molecule has 0 fully saturated rings. The first-order chi connectivity index (χ1) is 5.41. The van der Waals surface area contributed by atoms with Crippen LogP contribution in [-0.4, -0.2) is 0 Å². The summed E-state index contributed by atoms with van der Waals surface area (Å²) in [6.45, 7) is 11.3. The van der Waals surface area contributed by atoms with Gasteiger partial charge in [0.05, 0.1) is 0 Å². The predicted octanol–water partition coefficient (Wildman–Crippen LogP) is 3.75. The molecular formula is C12H19. The summed E-state index contributed by atoms with van der Waals surface area (Å²) >= 11 is 0. The normalized spacial score (nSPS) is 18.2. The highest BCUT2D eigenvalue weighted by atomic mass is 14.3. The highest BCUT2D eigenvalue weighted by Gasteiger charge is 2.21. The third-order valence-corrected chi connectivity index (χ3v) is 2.46. The zero-order chi connectivity index (χ0) is 9.35. The first-order valence-electron chi connectivity index (χ1n) is 4.73. The van der Waals surface area contributed by atoms with Crippen molar-refractivity contribution >= 4 is 0 Å². The van der Waals surface area contributed by atoms with Crippen molar-refractivity contribution in [3.63, 3.8) is 0 Å². The van der Waals surface area contributed by atoms with Crippen LogP contribution < -0.4 is 0 Å². The van der Waals surface area contributed by atoms with Crippen molar-refractivity contribution in [2.24, 2.45) is 11.3 Å². The van der Waals surface area contributed by atoms with E-state index in [0.29, 0.717) is 11.3 Å². The topological polar surface area (TPSA) is 0 Å². The molecule has 0 saturated carbocycles. The molecule has 0 aromatic heterocycles. The second-order valence-electron chi connectivity index (χ2n) is 4.92. The van der Waals surface area contributed by atoms with E-state index in [1.54, 1.807) is 0 Å². The Bertz CT molecular complexity index is 221. The van der Waals surface area contributed by atoms with Crippen LogP contribution in [0.1, 0.15) is 41.0 Å². The maximum Gasteiger partial charge on any atom is -0.00880 e. The minimum Gasteiger partial charge on any atom is -0.0629 e. The van der Waals surface area contributed by atoms with Gasteiger partial charge in [0.25, 0.3) is 0 Å². The Balaban J connectivity index is 2.62. The molecule has 0 N–H and O–H groups in total. The Labute approximate surface area is 76.4 Å². The van der Waals surface area contributed by atoms with E-state index in [1.807, 2.05) is 0 Å². The molecule has 0 aromatic rings. The molecule has 0 nitrogen and oxygen atoms in total. The quantitative estimate of drug-likeness (QED) is 0.552. The van der Waals surface area contributed by atoms with Crippen LogP contribution in [0.15, 0.2) is 17.2 Å². The molecule has 0 atom stereocenters. The lowest BCUT2D eigenvalue weighted by Gasteiger charge is -2.21. The number of hydrogen-bond acceptors (Lipinski definition) is 0. The maximum absolute atomic E-state index is 3.38. The molecular weight excluding hydrogens is 144 g/mol. The molecule has 1 aliphatic rings. The molecule has 0 aliphatic heterocycles. The highest BCUT2D eigenvalue weighted by Crippen LogP contribution is 2.35. The lowest BCUT2D eigenvalue weighted by molar-refractivity contribution is 0.488. The maximum atomic E-state index is 3.38. The zero-order valence-corrected chi connectivity index (χ0v) is 8.86. The summed E-state index contributed by atoms with van der Waals surface area (Å²) in [5.74, 6) is 0.678. The molecule has 0 aromatic carbocycles. The van der Waals surface area contributed by atoms with Gasteiger partial charge >= 0.3 is 0 Å². The van der Waals surface area contributed by atoms with Crippen molar-refractivity contribution in [2.45, 2.75) is 41.0 Å². The van der Waals surface area contributed by atoms with E-state index in [4.69, 9.17) is 0 Å². The Morgan fingerprint density at radius 2 is 1.92 bits per heavy atom. The van der Waals surface area contributed by atoms with Gasteiger partial charge in [-0.25, -0.2) is 0 Å². The van der Waals surface area contributed by atoms with Crippen LogP contribution in [0, 0.1) is 17.4 Å². The number of hydrogen-bond donors (Lipinski definition) is 0. The van der Waals surface area contributed by atoms with Gasteiger partial charge in [0, 0.05) is 0 Å². The molecule has 0 amide bonds. The molecule has 12 heavy (non-hydrogen) atoms. The van der Waals surface area contributed by atoms with E-state index in [2.05, 4.69) is 46.8 Å². The predicted molar refractivity (Wildman–Crippen MR) is 53.7 cm³/mol. The molecule has 0 heterocycles. The fraction of sp³-hybridized carbons (Fsp3) is 0.667. The summed E-state index contributed by atoms with van der Waals surface area (Å²) in [6, 6.07) is 0. The van der Waals surface area contributed by atoms with E-state index >= 15 is 0 Å². The standard InChI is InChI=1S/C12H19/c1-9(2)10-6-7-11(8-10)12(3,4)5/h6,9H,8H2,1-5H3. The van der Waals surface area contributed by atoms with Gasteiger partial charge < -0.3 is 0 Å². The SMILES string of the molecule is CC(C)C1=C[C]=C(C(C)(C)C)C1. The second kappa shape index (κ2) is 3.08. The molecule has 67 valence electrons. The van der Waals surface area contributed by atoms with Gasteiger partial charge in [0.2, 0.25) is 0 Å². The lowest BCUT2D eigenvalue weighted by Crippen LogP contribution is -2.08. The molecule has 0 heteroatoms. The second-order valence-corrected chi connectivity index (χ2v) is 4.92. The van der Waals surface area contributed by atoms with Crippen molar-refractivity contribution in [3.8, 4) is 0 Å². The largest absolute Gasteiger partial charge is 0.0629 e. The van der Waals surface area contributed by atoms with Gasteiger partial charge in [0.1, 0.15) is 0 Å². The van der Waals surface area contributed by atoms with Gasteiger partial charge in [-0.15, -0.1) is 0 Å². The first kappa shape index (κ1) is 9.57. The Hall–Kier alpha value is -0.520. The van der Waals surface area contributed by atoms with Crippen LogP contribution in [0.3, 0.4) is 0 Å².